The molecule has 0 aliphatic heterocycles. The molecule has 1 aromatic heterocycles. The fourth-order valence-corrected chi connectivity index (χ4v) is 2.70. The largest absolute Gasteiger partial charge is 0.368 e. The summed E-state index contributed by atoms with van der Waals surface area (Å²) in [6.07, 6.45) is 4.74. The zero-order valence-electron chi connectivity index (χ0n) is 14.3. The number of nitrogens with one attached hydrogen (secondary N) is 1. The Bertz CT molecular complexity index is 450. The summed E-state index contributed by atoms with van der Waals surface area (Å²) in [5, 5.41) is 3.56. The molecule has 0 bridgehead atoms. The summed E-state index contributed by atoms with van der Waals surface area (Å²) in [6, 6.07) is 3.02. The van der Waals surface area contributed by atoms with Crippen LogP contribution in [0.25, 0.3) is 0 Å². The molecule has 1 saturated carbocycles. The van der Waals surface area contributed by atoms with Crippen LogP contribution in [0.3, 0.4) is 0 Å². The average Bonchev–Trinajstić information content (AvgIpc) is 3.21. The summed E-state index contributed by atoms with van der Waals surface area (Å²) in [7, 11) is 0. The van der Waals surface area contributed by atoms with Crippen LogP contribution < -0.4 is 10.2 Å². The summed E-state index contributed by atoms with van der Waals surface area (Å²) in [5.41, 5.74) is 3.86. The van der Waals surface area contributed by atoms with Crippen molar-refractivity contribution in [2.75, 3.05) is 18.0 Å². The lowest BCUT2D eigenvalue weighted by Gasteiger charge is -2.29. The van der Waals surface area contributed by atoms with E-state index in [1.807, 2.05) is 0 Å². The van der Waals surface area contributed by atoms with Crippen molar-refractivity contribution in [1.82, 2.24) is 10.3 Å². The lowest BCUT2D eigenvalue weighted by molar-refractivity contribution is 0.549. The third-order valence-corrected chi connectivity index (χ3v) is 3.83. The van der Waals surface area contributed by atoms with E-state index in [1.165, 1.54) is 24.1 Å². The number of aromatic nitrogens is 1. The highest BCUT2D eigenvalue weighted by atomic mass is 15.2. The summed E-state index contributed by atoms with van der Waals surface area (Å²) < 4.78 is 0. The summed E-state index contributed by atoms with van der Waals surface area (Å²) in [6.45, 7) is 14.3. The van der Waals surface area contributed by atoms with Crippen molar-refractivity contribution in [3.8, 4) is 0 Å². The fourth-order valence-electron chi connectivity index (χ4n) is 2.70. The highest BCUT2D eigenvalue weighted by Gasteiger charge is 2.30. The van der Waals surface area contributed by atoms with Gasteiger partial charge in [-0.15, -0.1) is 0 Å². The van der Waals surface area contributed by atoms with Crippen molar-refractivity contribution in [3.05, 3.63) is 23.5 Å². The Morgan fingerprint density at radius 1 is 1.24 bits per heavy atom. The van der Waals surface area contributed by atoms with Crippen molar-refractivity contribution in [2.24, 2.45) is 11.8 Å². The third-order valence-electron chi connectivity index (χ3n) is 3.83. The van der Waals surface area contributed by atoms with Gasteiger partial charge in [0, 0.05) is 42.3 Å². The number of hydrogen-bond acceptors (Lipinski definition) is 3. The molecule has 21 heavy (non-hydrogen) atoms. The highest BCUT2D eigenvalue weighted by Crippen LogP contribution is 2.34. The molecule has 1 fully saturated rings. The van der Waals surface area contributed by atoms with E-state index in [4.69, 9.17) is 0 Å². The van der Waals surface area contributed by atoms with E-state index in [0.29, 0.717) is 11.8 Å². The van der Waals surface area contributed by atoms with Gasteiger partial charge in [0.2, 0.25) is 0 Å². The molecule has 0 atom stereocenters. The van der Waals surface area contributed by atoms with E-state index in [0.717, 1.165) is 31.4 Å². The molecular formula is C18H31N3. The van der Waals surface area contributed by atoms with Crippen LogP contribution in [0.4, 0.5) is 5.69 Å². The Morgan fingerprint density at radius 3 is 2.52 bits per heavy atom. The van der Waals surface area contributed by atoms with Crippen LogP contribution in [0.5, 0.6) is 0 Å². The normalized spacial score (nSPS) is 15.0. The molecular weight excluding hydrogens is 258 g/mol. The van der Waals surface area contributed by atoms with Crippen molar-refractivity contribution in [1.29, 1.82) is 0 Å². The molecule has 0 saturated heterocycles. The van der Waals surface area contributed by atoms with Gasteiger partial charge in [-0.25, -0.2) is 0 Å². The lowest BCUT2D eigenvalue weighted by Crippen LogP contribution is -2.31. The van der Waals surface area contributed by atoms with Crippen LogP contribution in [0.1, 0.15) is 51.8 Å². The standard InChI is InChI=1S/C18H31N3/c1-13(2)9-19-10-16-11-20-15(5)8-18(16)21(12-14(3)4)17-6-7-17/h8,11,13-14,17,19H,6-7,9-10,12H2,1-5H3. The SMILES string of the molecule is Cc1cc(N(CC(C)C)C2CC2)c(CNCC(C)C)cn1. The van der Waals surface area contributed by atoms with E-state index < -0.39 is 0 Å². The van der Waals surface area contributed by atoms with Gasteiger partial charge in [0.15, 0.2) is 0 Å². The zero-order chi connectivity index (χ0) is 15.4. The molecule has 1 aliphatic rings. The van der Waals surface area contributed by atoms with E-state index in [9.17, 15) is 0 Å². The van der Waals surface area contributed by atoms with Crippen LogP contribution >= 0.6 is 0 Å². The van der Waals surface area contributed by atoms with Gasteiger partial charge in [-0.05, 0) is 44.2 Å². The molecule has 1 heterocycles. The summed E-state index contributed by atoms with van der Waals surface area (Å²) in [5.74, 6) is 1.37. The van der Waals surface area contributed by atoms with Gasteiger partial charge in [0.25, 0.3) is 0 Å². The maximum Gasteiger partial charge on any atom is 0.0448 e. The van der Waals surface area contributed by atoms with Gasteiger partial charge in [0.05, 0.1) is 0 Å². The number of anilines is 1. The van der Waals surface area contributed by atoms with Crippen LogP contribution in [-0.4, -0.2) is 24.1 Å². The molecule has 0 aromatic carbocycles. The average molecular weight is 289 g/mol. The Balaban J connectivity index is 2.16. The van der Waals surface area contributed by atoms with E-state index in [2.05, 4.69) is 62.1 Å². The van der Waals surface area contributed by atoms with Gasteiger partial charge in [-0.2, -0.15) is 0 Å². The minimum absolute atomic E-state index is 0.682. The molecule has 2 rings (SSSR count). The highest BCUT2D eigenvalue weighted by molar-refractivity contribution is 5.55. The third kappa shape index (κ3) is 4.99. The van der Waals surface area contributed by atoms with Crippen LogP contribution in [0.15, 0.2) is 12.3 Å². The molecule has 1 aromatic rings. The minimum atomic E-state index is 0.682. The molecule has 1 aliphatic carbocycles. The molecule has 0 amide bonds. The van der Waals surface area contributed by atoms with Gasteiger partial charge >= 0.3 is 0 Å². The lowest BCUT2D eigenvalue weighted by atomic mass is 10.1. The molecule has 0 unspecified atom stereocenters. The van der Waals surface area contributed by atoms with Gasteiger partial charge in [-0.1, -0.05) is 27.7 Å². The maximum atomic E-state index is 4.51. The van der Waals surface area contributed by atoms with E-state index >= 15 is 0 Å². The Morgan fingerprint density at radius 2 is 1.95 bits per heavy atom. The molecule has 1 N–H and O–H groups in total. The Kier molecular flexibility index (Phi) is 5.63. The topological polar surface area (TPSA) is 28.2 Å². The van der Waals surface area contributed by atoms with Crippen molar-refractivity contribution in [3.63, 3.8) is 0 Å². The van der Waals surface area contributed by atoms with Crippen LogP contribution in [0, 0.1) is 18.8 Å². The number of aryl methyl sites for hydroxylation is 1. The number of pyridine rings is 1. The predicted octanol–water partition coefficient (Wildman–Crippen LogP) is 3.76. The van der Waals surface area contributed by atoms with Gasteiger partial charge in [-0.3, -0.25) is 4.98 Å². The smallest absolute Gasteiger partial charge is 0.0448 e. The van der Waals surface area contributed by atoms with Crippen molar-refractivity contribution < 1.29 is 0 Å². The molecule has 118 valence electrons. The second kappa shape index (κ2) is 7.26. The first kappa shape index (κ1) is 16.3. The maximum absolute atomic E-state index is 4.51. The first-order valence-electron chi connectivity index (χ1n) is 8.40. The molecule has 0 radical (unpaired) electrons. The summed E-state index contributed by atoms with van der Waals surface area (Å²) in [4.78, 5) is 7.13. The molecule has 3 heteroatoms. The number of rotatable bonds is 8. The van der Waals surface area contributed by atoms with Crippen LogP contribution in [0.2, 0.25) is 0 Å². The fraction of sp³-hybridized carbons (Fsp3) is 0.722. The van der Waals surface area contributed by atoms with Crippen molar-refractivity contribution >= 4 is 5.69 Å². The molecule has 3 nitrogen and oxygen atoms in total. The predicted molar refractivity (Wildman–Crippen MR) is 90.7 cm³/mol. The quantitative estimate of drug-likeness (QED) is 0.790. The van der Waals surface area contributed by atoms with E-state index in [1.54, 1.807) is 0 Å². The molecule has 0 spiro atoms. The second-order valence-electron chi connectivity index (χ2n) is 7.26. The Labute approximate surface area is 130 Å². The number of nitrogens with zero attached hydrogens (tertiary/aromatic N) is 2. The monoisotopic (exact) mass is 289 g/mol. The number of hydrogen-bond donors (Lipinski definition) is 1. The second-order valence-corrected chi connectivity index (χ2v) is 7.26. The van der Waals surface area contributed by atoms with Crippen molar-refractivity contribution in [2.45, 2.75) is 60.0 Å². The first-order chi connectivity index (χ1) is 9.97. The van der Waals surface area contributed by atoms with Gasteiger partial charge < -0.3 is 10.2 Å². The van der Waals surface area contributed by atoms with E-state index in [-0.39, 0.29) is 0 Å². The minimum Gasteiger partial charge on any atom is -0.368 e. The summed E-state index contributed by atoms with van der Waals surface area (Å²) >= 11 is 0. The first-order valence-corrected chi connectivity index (χ1v) is 8.40. The van der Waals surface area contributed by atoms with Crippen LogP contribution in [-0.2, 0) is 6.54 Å². The zero-order valence-corrected chi connectivity index (χ0v) is 14.3. The Hall–Kier alpha value is -1.09. The van der Waals surface area contributed by atoms with Gasteiger partial charge in [0.1, 0.15) is 0 Å².